The van der Waals surface area contributed by atoms with Crippen LogP contribution in [0.2, 0.25) is 0 Å². The molecule has 0 spiro atoms. The average molecular weight is 226 g/mol. The van der Waals surface area contributed by atoms with Crippen molar-refractivity contribution in [3.05, 3.63) is 0 Å². The molecule has 1 N–H and O–H groups in total. The van der Waals surface area contributed by atoms with Crippen molar-refractivity contribution < 1.29 is 0 Å². The summed E-state index contributed by atoms with van der Waals surface area (Å²) in [5, 5.41) is 3.68. The Morgan fingerprint density at radius 2 is 1.94 bits per heavy atom. The van der Waals surface area contributed by atoms with E-state index in [1.165, 1.54) is 58.3 Å². The van der Waals surface area contributed by atoms with Crippen molar-refractivity contribution in [2.75, 3.05) is 26.2 Å². The third-order valence-corrected chi connectivity index (χ3v) is 4.12. The minimum Gasteiger partial charge on any atom is -0.315 e. The number of rotatable bonds is 7. The Balaban J connectivity index is 2.19. The van der Waals surface area contributed by atoms with Gasteiger partial charge in [-0.15, -0.1) is 0 Å². The quantitative estimate of drug-likeness (QED) is 0.718. The zero-order valence-electron chi connectivity index (χ0n) is 11.5. The Bertz CT molecular complexity index is 166. The molecule has 0 amide bonds. The van der Waals surface area contributed by atoms with E-state index in [1.807, 2.05) is 0 Å². The maximum Gasteiger partial charge on any atom is 0.0220 e. The molecule has 0 aromatic heterocycles. The maximum absolute atomic E-state index is 3.68. The van der Waals surface area contributed by atoms with Crippen LogP contribution in [0, 0.1) is 5.92 Å². The van der Waals surface area contributed by atoms with Crippen LogP contribution in [0.5, 0.6) is 0 Å². The molecular formula is C14H30N2. The van der Waals surface area contributed by atoms with E-state index in [0.717, 1.165) is 12.0 Å². The van der Waals surface area contributed by atoms with Crippen molar-refractivity contribution >= 4 is 0 Å². The number of hydrogen-bond acceptors (Lipinski definition) is 2. The van der Waals surface area contributed by atoms with Crippen molar-refractivity contribution in [2.45, 2.75) is 58.9 Å². The molecule has 16 heavy (non-hydrogen) atoms. The van der Waals surface area contributed by atoms with Crippen LogP contribution in [0.15, 0.2) is 0 Å². The lowest BCUT2D eigenvalue weighted by Crippen LogP contribution is -2.45. The van der Waals surface area contributed by atoms with E-state index in [1.54, 1.807) is 0 Å². The van der Waals surface area contributed by atoms with Crippen LogP contribution in [0.4, 0.5) is 0 Å². The normalized spacial score (nSPS) is 22.9. The molecule has 1 saturated heterocycles. The van der Waals surface area contributed by atoms with Crippen LogP contribution >= 0.6 is 0 Å². The molecular weight excluding hydrogens is 196 g/mol. The Kier molecular flexibility index (Phi) is 7.06. The number of likely N-dealkylation sites (N-methyl/N-ethyl adjacent to an activating group) is 1. The molecule has 1 unspecified atom stereocenters. The van der Waals surface area contributed by atoms with Gasteiger partial charge in [-0.25, -0.2) is 0 Å². The highest BCUT2D eigenvalue weighted by molar-refractivity contribution is 4.78. The fourth-order valence-corrected chi connectivity index (χ4v) is 2.74. The minimum atomic E-state index is 0.799. The molecule has 1 aliphatic heterocycles. The van der Waals surface area contributed by atoms with Crippen LogP contribution < -0.4 is 5.32 Å². The van der Waals surface area contributed by atoms with E-state index >= 15 is 0 Å². The van der Waals surface area contributed by atoms with Gasteiger partial charge >= 0.3 is 0 Å². The molecule has 1 heterocycles. The molecule has 0 bridgehead atoms. The van der Waals surface area contributed by atoms with Gasteiger partial charge in [-0.1, -0.05) is 40.0 Å². The minimum absolute atomic E-state index is 0.799. The molecule has 0 aromatic carbocycles. The number of piperidine rings is 1. The van der Waals surface area contributed by atoms with Crippen LogP contribution in [0.25, 0.3) is 0 Å². The van der Waals surface area contributed by atoms with E-state index < -0.39 is 0 Å². The lowest BCUT2D eigenvalue weighted by Gasteiger charge is -2.35. The Labute approximate surface area is 102 Å². The number of nitrogens with zero attached hydrogens (tertiary/aromatic N) is 1. The fourth-order valence-electron chi connectivity index (χ4n) is 2.74. The van der Waals surface area contributed by atoms with Crippen molar-refractivity contribution in [1.29, 1.82) is 0 Å². The van der Waals surface area contributed by atoms with Crippen molar-refractivity contribution in [2.24, 2.45) is 5.92 Å². The van der Waals surface area contributed by atoms with Gasteiger partial charge in [0.15, 0.2) is 0 Å². The predicted octanol–water partition coefficient (Wildman–Crippen LogP) is 2.89. The molecule has 2 nitrogen and oxygen atoms in total. The maximum atomic E-state index is 3.68. The molecule has 0 aromatic rings. The molecule has 0 radical (unpaired) electrons. The summed E-state index contributed by atoms with van der Waals surface area (Å²) in [6, 6.07) is 0.799. The Morgan fingerprint density at radius 1 is 1.19 bits per heavy atom. The molecule has 1 aliphatic rings. The molecule has 0 aliphatic carbocycles. The molecule has 0 saturated carbocycles. The topological polar surface area (TPSA) is 15.3 Å². The van der Waals surface area contributed by atoms with E-state index in [0.29, 0.717) is 0 Å². The monoisotopic (exact) mass is 226 g/mol. The summed E-state index contributed by atoms with van der Waals surface area (Å²) in [4.78, 5) is 2.64. The van der Waals surface area contributed by atoms with Gasteiger partial charge in [0.05, 0.1) is 0 Å². The van der Waals surface area contributed by atoms with Crippen LogP contribution in [-0.4, -0.2) is 37.1 Å². The summed E-state index contributed by atoms with van der Waals surface area (Å²) in [6.07, 6.45) is 6.84. The SMILES string of the molecule is CCC(CC)CNCC1CCCCN1CC. The second-order valence-electron chi connectivity index (χ2n) is 5.12. The first-order valence-corrected chi connectivity index (χ1v) is 7.26. The smallest absolute Gasteiger partial charge is 0.0220 e. The van der Waals surface area contributed by atoms with Gasteiger partial charge < -0.3 is 5.32 Å². The van der Waals surface area contributed by atoms with Crippen LogP contribution in [-0.2, 0) is 0 Å². The van der Waals surface area contributed by atoms with Gasteiger partial charge in [0, 0.05) is 12.6 Å². The van der Waals surface area contributed by atoms with Crippen molar-refractivity contribution in [1.82, 2.24) is 10.2 Å². The molecule has 1 atom stereocenters. The highest BCUT2D eigenvalue weighted by Gasteiger charge is 2.20. The zero-order chi connectivity index (χ0) is 11.8. The van der Waals surface area contributed by atoms with Gasteiger partial charge in [0.25, 0.3) is 0 Å². The predicted molar refractivity (Wildman–Crippen MR) is 71.8 cm³/mol. The summed E-state index contributed by atoms with van der Waals surface area (Å²) >= 11 is 0. The second-order valence-corrected chi connectivity index (χ2v) is 5.12. The summed E-state index contributed by atoms with van der Waals surface area (Å²) in [7, 11) is 0. The largest absolute Gasteiger partial charge is 0.315 e. The van der Waals surface area contributed by atoms with Crippen molar-refractivity contribution in [3.8, 4) is 0 Å². The highest BCUT2D eigenvalue weighted by Crippen LogP contribution is 2.16. The summed E-state index contributed by atoms with van der Waals surface area (Å²) in [5.74, 6) is 0.874. The second kappa shape index (κ2) is 8.08. The van der Waals surface area contributed by atoms with Crippen LogP contribution in [0.1, 0.15) is 52.9 Å². The number of nitrogens with one attached hydrogen (secondary N) is 1. The van der Waals surface area contributed by atoms with Crippen LogP contribution in [0.3, 0.4) is 0 Å². The third-order valence-electron chi connectivity index (χ3n) is 4.12. The number of hydrogen-bond donors (Lipinski definition) is 1. The van der Waals surface area contributed by atoms with E-state index in [2.05, 4.69) is 31.0 Å². The van der Waals surface area contributed by atoms with Gasteiger partial charge in [0.1, 0.15) is 0 Å². The molecule has 2 heteroatoms. The fraction of sp³-hybridized carbons (Fsp3) is 1.00. The average Bonchev–Trinajstić information content (AvgIpc) is 2.35. The zero-order valence-corrected chi connectivity index (χ0v) is 11.5. The van der Waals surface area contributed by atoms with Gasteiger partial charge in [-0.3, -0.25) is 4.90 Å². The first-order valence-electron chi connectivity index (χ1n) is 7.26. The molecule has 1 rings (SSSR count). The first kappa shape index (κ1) is 14.0. The first-order chi connectivity index (χ1) is 7.81. The lowest BCUT2D eigenvalue weighted by molar-refractivity contribution is 0.152. The standard InChI is InChI=1S/C14H30N2/c1-4-13(5-2)11-15-12-14-9-7-8-10-16(14)6-3/h13-15H,4-12H2,1-3H3. The van der Waals surface area contributed by atoms with Gasteiger partial charge in [0.2, 0.25) is 0 Å². The Hall–Kier alpha value is -0.0800. The van der Waals surface area contributed by atoms with E-state index in [4.69, 9.17) is 0 Å². The number of likely N-dealkylation sites (tertiary alicyclic amines) is 1. The lowest BCUT2D eigenvalue weighted by atomic mass is 10.0. The van der Waals surface area contributed by atoms with E-state index in [-0.39, 0.29) is 0 Å². The van der Waals surface area contributed by atoms with Gasteiger partial charge in [-0.2, -0.15) is 0 Å². The summed E-state index contributed by atoms with van der Waals surface area (Å²) in [6.45, 7) is 11.8. The summed E-state index contributed by atoms with van der Waals surface area (Å²) in [5.41, 5.74) is 0. The highest BCUT2D eigenvalue weighted by atomic mass is 15.2. The van der Waals surface area contributed by atoms with E-state index in [9.17, 15) is 0 Å². The Morgan fingerprint density at radius 3 is 2.56 bits per heavy atom. The van der Waals surface area contributed by atoms with Gasteiger partial charge in [-0.05, 0) is 38.4 Å². The molecule has 96 valence electrons. The third kappa shape index (κ3) is 4.42. The summed E-state index contributed by atoms with van der Waals surface area (Å²) < 4.78 is 0. The van der Waals surface area contributed by atoms with Crippen molar-refractivity contribution in [3.63, 3.8) is 0 Å². The molecule has 1 fully saturated rings.